The molecule has 0 bridgehead atoms. The number of amides is 2. The summed E-state index contributed by atoms with van der Waals surface area (Å²) in [6.45, 7) is 1.22. The predicted molar refractivity (Wildman–Crippen MR) is 88.4 cm³/mol. The van der Waals surface area contributed by atoms with E-state index in [4.69, 9.17) is 4.74 Å². The van der Waals surface area contributed by atoms with E-state index in [9.17, 15) is 9.59 Å². The van der Waals surface area contributed by atoms with Gasteiger partial charge < -0.3 is 15.0 Å². The highest BCUT2D eigenvalue weighted by molar-refractivity contribution is 5.96. The Kier molecular flexibility index (Phi) is 4.68. The summed E-state index contributed by atoms with van der Waals surface area (Å²) < 4.78 is 5.12. The molecule has 0 radical (unpaired) electrons. The van der Waals surface area contributed by atoms with E-state index in [0.717, 1.165) is 16.9 Å². The zero-order valence-electron chi connectivity index (χ0n) is 12.7. The fourth-order valence-corrected chi connectivity index (χ4v) is 2.50. The van der Waals surface area contributed by atoms with E-state index in [0.29, 0.717) is 19.6 Å². The lowest BCUT2D eigenvalue weighted by Gasteiger charge is -2.26. The molecule has 5 nitrogen and oxygen atoms in total. The number of rotatable bonds is 4. The first-order valence-corrected chi connectivity index (χ1v) is 7.54. The second-order valence-corrected chi connectivity index (χ2v) is 5.36. The van der Waals surface area contributed by atoms with Crippen LogP contribution in [0.2, 0.25) is 0 Å². The molecule has 0 spiro atoms. The number of hydrogen-bond acceptors (Lipinski definition) is 3. The topological polar surface area (TPSA) is 58.6 Å². The van der Waals surface area contributed by atoms with Crippen LogP contribution < -0.4 is 10.2 Å². The first kappa shape index (κ1) is 15.2. The van der Waals surface area contributed by atoms with Gasteiger partial charge in [-0.3, -0.25) is 9.59 Å². The summed E-state index contributed by atoms with van der Waals surface area (Å²) in [7, 11) is 0. The first-order chi connectivity index (χ1) is 11.2. The predicted octanol–water partition coefficient (Wildman–Crippen LogP) is 2.23. The van der Waals surface area contributed by atoms with E-state index in [1.807, 2.05) is 42.5 Å². The van der Waals surface area contributed by atoms with Gasteiger partial charge >= 0.3 is 0 Å². The Bertz CT molecular complexity index is 683. The summed E-state index contributed by atoms with van der Waals surface area (Å²) >= 11 is 0. The third-order valence-corrected chi connectivity index (χ3v) is 3.66. The third kappa shape index (κ3) is 3.96. The summed E-state index contributed by atoms with van der Waals surface area (Å²) in [6.07, 6.45) is 0.338. The third-order valence-electron chi connectivity index (χ3n) is 3.66. The average molecular weight is 310 g/mol. The largest absolute Gasteiger partial charge is 0.370 e. The molecule has 0 unspecified atom stereocenters. The number of anilines is 2. The minimum absolute atomic E-state index is 0.0443. The zero-order chi connectivity index (χ0) is 16.1. The minimum atomic E-state index is -0.0635. The van der Waals surface area contributed by atoms with Gasteiger partial charge in [0.2, 0.25) is 5.91 Å². The molecule has 0 saturated carbocycles. The summed E-state index contributed by atoms with van der Waals surface area (Å²) in [4.78, 5) is 25.5. The van der Waals surface area contributed by atoms with Crippen molar-refractivity contribution in [3.63, 3.8) is 0 Å². The fourth-order valence-electron chi connectivity index (χ4n) is 2.50. The van der Waals surface area contributed by atoms with E-state index in [2.05, 4.69) is 5.32 Å². The van der Waals surface area contributed by atoms with Crippen LogP contribution in [0, 0.1) is 0 Å². The zero-order valence-corrected chi connectivity index (χ0v) is 12.7. The number of carbonyl (C=O) groups excluding carboxylic acids is 2. The van der Waals surface area contributed by atoms with Crippen molar-refractivity contribution in [1.29, 1.82) is 0 Å². The maximum Gasteiger partial charge on any atom is 0.253 e. The van der Waals surface area contributed by atoms with Gasteiger partial charge in [0.05, 0.1) is 13.0 Å². The number of ether oxygens (including phenoxy) is 1. The summed E-state index contributed by atoms with van der Waals surface area (Å²) in [6, 6.07) is 16.9. The molecule has 2 amide bonds. The van der Waals surface area contributed by atoms with Gasteiger partial charge in [0.15, 0.2) is 0 Å². The van der Waals surface area contributed by atoms with Crippen LogP contribution in [0.25, 0.3) is 0 Å². The van der Waals surface area contributed by atoms with E-state index in [1.165, 1.54) is 0 Å². The molecule has 1 fully saturated rings. The van der Waals surface area contributed by atoms with Crippen LogP contribution in [0.4, 0.5) is 11.4 Å². The SMILES string of the molecule is O=C(Cc1ccccc1)Nc1ccc(N2CCOCC2=O)cc1. The Balaban J connectivity index is 1.61. The van der Waals surface area contributed by atoms with Crippen molar-refractivity contribution in [3.05, 3.63) is 60.2 Å². The molecule has 0 aliphatic carbocycles. The van der Waals surface area contributed by atoms with Crippen LogP contribution in [0.15, 0.2) is 54.6 Å². The molecule has 23 heavy (non-hydrogen) atoms. The number of carbonyl (C=O) groups is 2. The lowest BCUT2D eigenvalue weighted by Crippen LogP contribution is -2.41. The fraction of sp³-hybridized carbons (Fsp3) is 0.222. The Labute approximate surface area is 134 Å². The molecular formula is C18H18N2O3. The highest BCUT2D eigenvalue weighted by Crippen LogP contribution is 2.19. The van der Waals surface area contributed by atoms with E-state index in [-0.39, 0.29) is 18.4 Å². The Morgan fingerprint density at radius 1 is 1.09 bits per heavy atom. The monoisotopic (exact) mass is 310 g/mol. The van der Waals surface area contributed by atoms with Crippen molar-refractivity contribution in [2.75, 3.05) is 30.0 Å². The van der Waals surface area contributed by atoms with Gasteiger partial charge in [0, 0.05) is 17.9 Å². The molecule has 1 aliphatic heterocycles. The number of nitrogens with one attached hydrogen (secondary N) is 1. The van der Waals surface area contributed by atoms with E-state index in [1.54, 1.807) is 17.0 Å². The first-order valence-electron chi connectivity index (χ1n) is 7.54. The van der Waals surface area contributed by atoms with Crippen LogP contribution in [0.3, 0.4) is 0 Å². The molecule has 118 valence electrons. The molecule has 2 aromatic carbocycles. The average Bonchev–Trinajstić information content (AvgIpc) is 2.57. The maximum atomic E-state index is 12.0. The van der Waals surface area contributed by atoms with Crippen molar-refractivity contribution >= 4 is 23.2 Å². The molecule has 0 aromatic heterocycles. The Morgan fingerprint density at radius 3 is 2.52 bits per heavy atom. The van der Waals surface area contributed by atoms with Crippen LogP contribution >= 0.6 is 0 Å². The van der Waals surface area contributed by atoms with Crippen molar-refractivity contribution < 1.29 is 14.3 Å². The normalized spacial score (nSPS) is 14.6. The standard InChI is InChI=1S/C18H18N2O3/c21-17(12-14-4-2-1-3-5-14)19-15-6-8-16(9-7-15)20-10-11-23-13-18(20)22/h1-9H,10-13H2,(H,19,21). The van der Waals surface area contributed by atoms with Crippen LogP contribution in [-0.2, 0) is 20.7 Å². The number of nitrogens with zero attached hydrogens (tertiary/aromatic N) is 1. The molecular weight excluding hydrogens is 292 g/mol. The van der Waals surface area contributed by atoms with Gasteiger partial charge in [0.1, 0.15) is 6.61 Å². The van der Waals surface area contributed by atoms with E-state index < -0.39 is 0 Å². The summed E-state index contributed by atoms with van der Waals surface area (Å²) in [5, 5.41) is 2.86. The van der Waals surface area contributed by atoms with Gasteiger partial charge in [-0.25, -0.2) is 0 Å². The highest BCUT2D eigenvalue weighted by atomic mass is 16.5. The summed E-state index contributed by atoms with van der Waals surface area (Å²) in [5.41, 5.74) is 2.51. The Hall–Kier alpha value is -2.66. The Morgan fingerprint density at radius 2 is 1.83 bits per heavy atom. The van der Waals surface area contributed by atoms with Gasteiger partial charge in [0.25, 0.3) is 5.91 Å². The molecule has 1 N–H and O–H groups in total. The lowest BCUT2D eigenvalue weighted by atomic mass is 10.1. The lowest BCUT2D eigenvalue weighted by molar-refractivity contribution is -0.125. The molecule has 1 heterocycles. The number of morpholine rings is 1. The number of benzene rings is 2. The van der Waals surface area contributed by atoms with Crippen LogP contribution in [0.5, 0.6) is 0 Å². The molecule has 1 saturated heterocycles. The van der Waals surface area contributed by atoms with Gasteiger partial charge in [-0.05, 0) is 29.8 Å². The van der Waals surface area contributed by atoms with Crippen molar-refractivity contribution in [1.82, 2.24) is 0 Å². The molecule has 3 rings (SSSR count). The second kappa shape index (κ2) is 7.07. The van der Waals surface area contributed by atoms with Crippen LogP contribution in [-0.4, -0.2) is 31.6 Å². The number of hydrogen-bond donors (Lipinski definition) is 1. The van der Waals surface area contributed by atoms with Crippen molar-refractivity contribution in [2.45, 2.75) is 6.42 Å². The van der Waals surface area contributed by atoms with Gasteiger partial charge in [-0.2, -0.15) is 0 Å². The molecule has 1 aliphatic rings. The quantitative estimate of drug-likeness (QED) is 0.942. The second-order valence-electron chi connectivity index (χ2n) is 5.36. The maximum absolute atomic E-state index is 12.0. The van der Waals surface area contributed by atoms with Gasteiger partial charge in [-0.1, -0.05) is 30.3 Å². The van der Waals surface area contributed by atoms with Gasteiger partial charge in [-0.15, -0.1) is 0 Å². The molecule has 5 heteroatoms. The molecule has 2 aromatic rings. The summed E-state index contributed by atoms with van der Waals surface area (Å²) in [5.74, 6) is -0.108. The smallest absolute Gasteiger partial charge is 0.253 e. The van der Waals surface area contributed by atoms with E-state index >= 15 is 0 Å². The molecule has 0 atom stereocenters. The minimum Gasteiger partial charge on any atom is -0.370 e. The highest BCUT2D eigenvalue weighted by Gasteiger charge is 2.19. The van der Waals surface area contributed by atoms with Crippen molar-refractivity contribution in [3.8, 4) is 0 Å². The van der Waals surface area contributed by atoms with Crippen molar-refractivity contribution in [2.24, 2.45) is 0 Å². The van der Waals surface area contributed by atoms with Crippen LogP contribution in [0.1, 0.15) is 5.56 Å².